The van der Waals surface area contributed by atoms with Gasteiger partial charge in [-0.1, -0.05) is 0 Å². The van der Waals surface area contributed by atoms with Gasteiger partial charge in [0.1, 0.15) is 0 Å². The van der Waals surface area contributed by atoms with Crippen molar-refractivity contribution in [2.75, 3.05) is 19.6 Å². The topological polar surface area (TPSA) is 78.5 Å². The van der Waals surface area contributed by atoms with Gasteiger partial charge in [-0.25, -0.2) is 13.1 Å². The molecule has 1 aliphatic heterocycles. The first-order chi connectivity index (χ1) is 13.5. The molecule has 29 heavy (non-hydrogen) atoms. The number of amides is 1. The number of piperidine rings is 1. The summed E-state index contributed by atoms with van der Waals surface area (Å²) in [6.45, 7) is 16.1. The second kappa shape index (κ2) is 9.58. The van der Waals surface area contributed by atoms with Gasteiger partial charge in [0.2, 0.25) is 15.9 Å². The fraction of sp³-hybridized carbons (Fsp3) is 0.682. The van der Waals surface area contributed by atoms with Crippen molar-refractivity contribution >= 4 is 15.9 Å². The second-order valence-corrected chi connectivity index (χ2v) is 10.3. The molecule has 1 aliphatic rings. The fourth-order valence-corrected chi connectivity index (χ4v) is 5.73. The van der Waals surface area contributed by atoms with Gasteiger partial charge in [-0.3, -0.25) is 4.79 Å². The molecule has 1 saturated heterocycles. The molecule has 1 aromatic carbocycles. The molecule has 0 saturated carbocycles. The van der Waals surface area contributed by atoms with Crippen LogP contribution in [0, 0.1) is 34.6 Å². The van der Waals surface area contributed by atoms with Crippen molar-refractivity contribution < 1.29 is 13.2 Å². The van der Waals surface area contributed by atoms with E-state index in [2.05, 4.69) is 28.8 Å². The normalized spacial score (nSPS) is 16.4. The van der Waals surface area contributed by atoms with Crippen molar-refractivity contribution in [1.29, 1.82) is 0 Å². The average Bonchev–Trinajstić information content (AvgIpc) is 2.65. The highest BCUT2D eigenvalue weighted by Crippen LogP contribution is 2.29. The Kier molecular flexibility index (Phi) is 7.87. The van der Waals surface area contributed by atoms with Crippen LogP contribution in [0.1, 0.15) is 60.9 Å². The summed E-state index contributed by atoms with van der Waals surface area (Å²) in [5, 5.41) is 3.05. The molecule has 1 fully saturated rings. The number of hydrogen-bond acceptors (Lipinski definition) is 4. The van der Waals surface area contributed by atoms with E-state index in [9.17, 15) is 13.2 Å². The molecule has 1 amide bonds. The third-order valence-electron chi connectivity index (χ3n) is 6.47. The number of sulfonamides is 1. The summed E-state index contributed by atoms with van der Waals surface area (Å²) >= 11 is 0. The molecule has 1 aromatic rings. The molecule has 7 heteroatoms. The highest BCUT2D eigenvalue weighted by Gasteiger charge is 2.24. The first-order valence-corrected chi connectivity index (χ1v) is 12.0. The lowest BCUT2D eigenvalue weighted by molar-refractivity contribution is -0.122. The predicted molar refractivity (Wildman–Crippen MR) is 118 cm³/mol. The molecule has 0 bridgehead atoms. The van der Waals surface area contributed by atoms with Gasteiger partial charge in [0.25, 0.3) is 0 Å². The summed E-state index contributed by atoms with van der Waals surface area (Å²) in [6.07, 6.45) is 2.03. The monoisotopic (exact) mass is 423 g/mol. The Balaban J connectivity index is 1.93. The van der Waals surface area contributed by atoms with Gasteiger partial charge in [0.05, 0.1) is 4.90 Å². The molecule has 1 heterocycles. The van der Waals surface area contributed by atoms with E-state index in [4.69, 9.17) is 0 Å². The van der Waals surface area contributed by atoms with E-state index in [1.165, 1.54) is 0 Å². The third kappa shape index (κ3) is 5.58. The Morgan fingerprint density at radius 3 is 1.93 bits per heavy atom. The van der Waals surface area contributed by atoms with Crippen molar-refractivity contribution in [2.45, 2.75) is 84.7 Å². The number of hydrogen-bond donors (Lipinski definition) is 2. The lowest BCUT2D eigenvalue weighted by Gasteiger charge is -2.34. The molecule has 0 radical (unpaired) electrons. The van der Waals surface area contributed by atoms with Crippen LogP contribution in [0.5, 0.6) is 0 Å². The van der Waals surface area contributed by atoms with E-state index >= 15 is 0 Å². The zero-order valence-electron chi connectivity index (χ0n) is 19.0. The molecular formula is C22H37N3O3S. The average molecular weight is 424 g/mol. The van der Waals surface area contributed by atoms with E-state index in [0.29, 0.717) is 10.9 Å². The number of carbonyl (C=O) groups is 1. The van der Waals surface area contributed by atoms with Crippen LogP contribution in [0.4, 0.5) is 0 Å². The predicted octanol–water partition coefficient (Wildman–Crippen LogP) is 2.89. The molecule has 0 unspecified atom stereocenters. The number of rotatable bonds is 7. The minimum absolute atomic E-state index is 0.0968. The first kappa shape index (κ1) is 23.8. The lowest BCUT2D eigenvalue weighted by Crippen LogP contribution is -2.47. The molecule has 0 aliphatic carbocycles. The number of carbonyl (C=O) groups excluding carboxylic acids is 1. The molecule has 2 rings (SSSR count). The van der Waals surface area contributed by atoms with Crippen LogP contribution in [0.3, 0.4) is 0 Å². The Hall–Kier alpha value is -1.44. The van der Waals surface area contributed by atoms with Gasteiger partial charge in [0, 0.05) is 38.1 Å². The van der Waals surface area contributed by atoms with Crippen LogP contribution in [0.15, 0.2) is 4.90 Å². The Bertz CT molecular complexity index is 826. The number of likely N-dealkylation sites (tertiary alicyclic amines) is 1. The zero-order chi connectivity index (χ0) is 21.9. The smallest absolute Gasteiger partial charge is 0.241 e. The SMILES string of the molecule is Cc1c(C)c(C)c(S(=O)(=O)NCCC(=O)NC2CCN(C(C)C)CC2)c(C)c1C. The number of nitrogens with zero attached hydrogens (tertiary/aromatic N) is 1. The van der Waals surface area contributed by atoms with Crippen molar-refractivity contribution in [3.05, 3.63) is 27.8 Å². The molecule has 2 N–H and O–H groups in total. The molecule has 0 atom stereocenters. The number of nitrogens with one attached hydrogen (secondary N) is 2. The summed E-state index contributed by atoms with van der Waals surface area (Å²) in [4.78, 5) is 15.0. The Morgan fingerprint density at radius 1 is 0.966 bits per heavy atom. The van der Waals surface area contributed by atoms with Crippen LogP contribution in [-0.4, -0.2) is 50.9 Å². The quantitative estimate of drug-likeness (QED) is 0.707. The van der Waals surface area contributed by atoms with Gasteiger partial charge in [-0.15, -0.1) is 0 Å². The maximum atomic E-state index is 12.9. The molecule has 6 nitrogen and oxygen atoms in total. The summed E-state index contributed by atoms with van der Waals surface area (Å²) < 4.78 is 28.4. The second-order valence-electron chi connectivity index (χ2n) is 8.57. The van der Waals surface area contributed by atoms with Gasteiger partial charge >= 0.3 is 0 Å². The van der Waals surface area contributed by atoms with E-state index in [-0.39, 0.29) is 24.9 Å². The zero-order valence-corrected chi connectivity index (χ0v) is 19.8. The van der Waals surface area contributed by atoms with Crippen LogP contribution in [0.2, 0.25) is 0 Å². The molecular weight excluding hydrogens is 386 g/mol. The van der Waals surface area contributed by atoms with Crippen molar-refractivity contribution in [3.63, 3.8) is 0 Å². The van der Waals surface area contributed by atoms with Gasteiger partial charge in [-0.2, -0.15) is 0 Å². The lowest BCUT2D eigenvalue weighted by atomic mass is 9.95. The molecule has 0 aromatic heterocycles. The van der Waals surface area contributed by atoms with Crippen molar-refractivity contribution in [3.8, 4) is 0 Å². The molecule has 0 spiro atoms. The van der Waals surface area contributed by atoms with Gasteiger partial charge in [-0.05, 0) is 89.1 Å². The van der Waals surface area contributed by atoms with Crippen LogP contribution >= 0.6 is 0 Å². The number of benzene rings is 1. The summed E-state index contributed by atoms with van der Waals surface area (Å²) in [5.41, 5.74) is 4.68. The van der Waals surface area contributed by atoms with Crippen LogP contribution < -0.4 is 10.0 Å². The van der Waals surface area contributed by atoms with E-state index in [1.54, 1.807) is 0 Å². The van der Waals surface area contributed by atoms with Crippen molar-refractivity contribution in [1.82, 2.24) is 14.9 Å². The minimum Gasteiger partial charge on any atom is -0.353 e. The van der Waals surface area contributed by atoms with Gasteiger partial charge < -0.3 is 10.2 Å². The fourth-order valence-electron chi connectivity index (χ4n) is 4.10. The Labute approximate surface area is 176 Å². The largest absolute Gasteiger partial charge is 0.353 e. The van der Waals surface area contributed by atoms with Crippen molar-refractivity contribution in [2.24, 2.45) is 0 Å². The first-order valence-electron chi connectivity index (χ1n) is 10.6. The molecule has 164 valence electrons. The van der Waals surface area contributed by atoms with E-state index < -0.39 is 10.0 Å². The van der Waals surface area contributed by atoms with E-state index in [0.717, 1.165) is 53.7 Å². The Morgan fingerprint density at radius 2 is 1.45 bits per heavy atom. The van der Waals surface area contributed by atoms with Gasteiger partial charge in [0.15, 0.2) is 0 Å². The summed E-state index contributed by atoms with van der Waals surface area (Å²) in [6, 6.07) is 0.711. The maximum Gasteiger partial charge on any atom is 0.241 e. The third-order valence-corrected chi connectivity index (χ3v) is 8.20. The standard InChI is InChI=1S/C22H37N3O3S/c1-14(2)25-12-9-20(10-13-25)24-21(26)8-11-23-29(27,28)22-18(6)16(4)15(3)17(5)19(22)7/h14,20,23H,8-13H2,1-7H3,(H,24,26). The summed E-state index contributed by atoms with van der Waals surface area (Å²) in [5.74, 6) is -0.0968. The van der Waals surface area contributed by atoms with Crippen LogP contribution in [-0.2, 0) is 14.8 Å². The minimum atomic E-state index is -3.67. The van der Waals surface area contributed by atoms with E-state index in [1.807, 2.05) is 34.6 Å². The van der Waals surface area contributed by atoms with Crippen LogP contribution in [0.25, 0.3) is 0 Å². The summed E-state index contributed by atoms with van der Waals surface area (Å²) in [7, 11) is -3.67. The highest BCUT2D eigenvalue weighted by molar-refractivity contribution is 7.89. The maximum absolute atomic E-state index is 12.9. The highest BCUT2D eigenvalue weighted by atomic mass is 32.2.